The Kier molecular flexibility index (Phi) is 3.91. The van der Waals surface area contributed by atoms with Gasteiger partial charge in [0, 0.05) is 12.6 Å². The second-order valence-electron chi connectivity index (χ2n) is 6.25. The number of rotatable bonds is 3. The summed E-state index contributed by atoms with van der Waals surface area (Å²) in [6.45, 7) is 10.00. The molecule has 0 bridgehead atoms. The molecular weight excluding hydrogens is 218 g/mol. The van der Waals surface area contributed by atoms with Crippen molar-refractivity contribution in [2.24, 2.45) is 0 Å². The van der Waals surface area contributed by atoms with Gasteiger partial charge in [0.05, 0.1) is 0 Å². The van der Waals surface area contributed by atoms with E-state index in [2.05, 4.69) is 63.4 Å². The zero-order chi connectivity index (χ0) is 13.2. The van der Waals surface area contributed by atoms with E-state index in [4.69, 9.17) is 0 Å². The van der Waals surface area contributed by atoms with Crippen molar-refractivity contribution in [3.63, 3.8) is 0 Å². The van der Waals surface area contributed by atoms with Gasteiger partial charge < -0.3 is 5.32 Å². The van der Waals surface area contributed by atoms with Crippen LogP contribution in [0.1, 0.15) is 57.7 Å². The van der Waals surface area contributed by atoms with E-state index in [0.29, 0.717) is 11.5 Å². The van der Waals surface area contributed by atoms with Crippen LogP contribution in [-0.4, -0.2) is 6.54 Å². The van der Waals surface area contributed by atoms with Gasteiger partial charge in [-0.1, -0.05) is 49.8 Å². The number of benzene rings is 1. The number of fused-ring (bicyclic) bond motifs is 1. The second kappa shape index (κ2) is 5.27. The van der Waals surface area contributed by atoms with E-state index in [1.165, 1.54) is 29.5 Å². The summed E-state index contributed by atoms with van der Waals surface area (Å²) in [6, 6.07) is 9.43. The first-order valence-electron chi connectivity index (χ1n) is 6.97. The smallest absolute Gasteiger partial charge is 0.0326 e. The first-order valence-corrected chi connectivity index (χ1v) is 6.97. The summed E-state index contributed by atoms with van der Waals surface area (Å²) in [5, 5.41) is 3.67. The molecule has 98 valence electrons. The van der Waals surface area contributed by atoms with Crippen LogP contribution in [0.15, 0.2) is 35.9 Å². The number of nitrogens with one attached hydrogen (secondary N) is 1. The number of hydrogen-bond acceptors (Lipinski definition) is 1. The van der Waals surface area contributed by atoms with E-state index in [1.54, 1.807) is 0 Å². The van der Waals surface area contributed by atoms with Crippen LogP contribution in [0.5, 0.6) is 0 Å². The lowest BCUT2D eigenvalue weighted by molar-refractivity contribution is 0.365. The Morgan fingerprint density at radius 2 is 2.06 bits per heavy atom. The van der Waals surface area contributed by atoms with Crippen LogP contribution in [0.2, 0.25) is 0 Å². The Morgan fingerprint density at radius 3 is 2.78 bits per heavy atom. The van der Waals surface area contributed by atoms with Crippen LogP contribution >= 0.6 is 0 Å². The highest BCUT2D eigenvalue weighted by molar-refractivity contribution is 5.38. The summed E-state index contributed by atoms with van der Waals surface area (Å²) in [4.78, 5) is 0. The topological polar surface area (TPSA) is 12.0 Å². The molecule has 1 N–H and O–H groups in total. The molecule has 0 saturated carbocycles. The molecule has 1 unspecified atom stereocenters. The van der Waals surface area contributed by atoms with Crippen molar-refractivity contribution in [2.75, 3.05) is 6.54 Å². The Hall–Kier alpha value is -1.08. The Labute approximate surface area is 111 Å². The van der Waals surface area contributed by atoms with Gasteiger partial charge in [0.15, 0.2) is 0 Å². The molecule has 1 atom stereocenters. The molecule has 1 aromatic carbocycles. The van der Waals surface area contributed by atoms with E-state index < -0.39 is 0 Å². The van der Waals surface area contributed by atoms with Gasteiger partial charge in [0.1, 0.15) is 0 Å². The van der Waals surface area contributed by atoms with Gasteiger partial charge in [-0.15, -0.1) is 0 Å². The lowest BCUT2D eigenvalue weighted by Crippen LogP contribution is -2.32. The number of hydrogen-bond donors (Lipinski definition) is 1. The van der Waals surface area contributed by atoms with Gasteiger partial charge in [-0.05, 0) is 43.2 Å². The summed E-state index contributed by atoms with van der Waals surface area (Å²) < 4.78 is 0. The molecule has 0 aliphatic heterocycles. The normalized spacial score (nSPS) is 21.2. The maximum Gasteiger partial charge on any atom is 0.0326 e. The van der Waals surface area contributed by atoms with Crippen molar-refractivity contribution < 1.29 is 0 Å². The van der Waals surface area contributed by atoms with Crippen molar-refractivity contribution in [3.8, 4) is 0 Å². The van der Waals surface area contributed by atoms with Crippen LogP contribution in [-0.2, 0) is 5.41 Å². The van der Waals surface area contributed by atoms with Crippen molar-refractivity contribution >= 4 is 0 Å². The molecule has 2 rings (SSSR count). The van der Waals surface area contributed by atoms with Crippen LogP contribution < -0.4 is 5.32 Å². The predicted octanol–water partition coefficient (Wildman–Crippen LogP) is 4.35. The molecule has 0 aromatic heterocycles. The average Bonchev–Trinajstić information content (AvgIpc) is 2.32. The monoisotopic (exact) mass is 243 g/mol. The van der Waals surface area contributed by atoms with Crippen LogP contribution in [0.25, 0.3) is 0 Å². The van der Waals surface area contributed by atoms with Gasteiger partial charge in [0.2, 0.25) is 0 Å². The van der Waals surface area contributed by atoms with E-state index in [9.17, 15) is 0 Å². The molecule has 1 nitrogen and oxygen atoms in total. The van der Waals surface area contributed by atoms with Crippen LogP contribution in [0.4, 0.5) is 0 Å². The molecule has 0 saturated heterocycles. The summed E-state index contributed by atoms with van der Waals surface area (Å²) in [6.07, 6.45) is 4.76. The van der Waals surface area contributed by atoms with Crippen LogP contribution in [0, 0.1) is 0 Å². The minimum atomic E-state index is 0.325. The van der Waals surface area contributed by atoms with Crippen molar-refractivity contribution in [2.45, 2.75) is 52.0 Å². The minimum Gasteiger partial charge on any atom is -0.306 e. The van der Waals surface area contributed by atoms with E-state index >= 15 is 0 Å². The van der Waals surface area contributed by atoms with Crippen molar-refractivity contribution in [1.82, 2.24) is 5.32 Å². The maximum atomic E-state index is 3.67. The first kappa shape index (κ1) is 13.4. The van der Waals surface area contributed by atoms with Gasteiger partial charge in [-0.2, -0.15) is 0 Å². The number of allylic oxidation sites excluding steroid dienone is 1. The highest BCUT2D eigenvalue weighted by Crippen LogP contribution is 2.41. The SMILES string of the molecule is CC(C)=CCNC1CCC(C)(C)c2ccccc21. The summed E-state index contributed by atoms with van der Waals surface area (Å²) in [5.74, 6) is 0. The molecule has 0 amide bonds. The fraction of sp³-hybridized carbons (Fsp3) is 0.529. The molecule has 0 radical (unpaired) electrons. The molecule has 0 heterocycles. The lowest BCUT2D eigenvalue weighted by Gasteiger charge is -2.37. The Morgan fingerprint density at radius 1 is 1.33 bits per heavy atom. The van der Waals surface area contributed by atoms with Gasteiger partial charge in [-0.25, -0.2) is 0 Å². The lowest BCUT2D eigenvalue weighted by atomic mass is 9.71. The van der Waals surface area contributed by atoms with Gasteiger partial charge in [0.25, 0.3) is 0 Å². The van der Waals surface area contributed by atoms with E-state index in [-0.39, 0.29) is 0 Å². The fourth-order valence-corrected chi connectivity index (χ4v) is 2.83. The summed E-state index contributed by atoms with van der Waals surface area (Å²) >= 11 is 0. The molecule has 0 fully saturated rings. The third-order valence-corrected chi connectivity index (χ3v) is 4.00. The Bertz CT molecular complexity index is 439. The van der Waals surface area contributed by atoms with Crippen LogP contribution in [0.3, 0.4) is 0 Å². The second-order valence-corrected chi connectivity index (χ2v) is 6.25. The first-order chi connectivity index (χ1) is 8.50. The summed E-state index contributed by atoms with van der Waals surface area (Å²) in [7, 11) is 0. The van der Waals surface area contributed by atoms with Gasteiger partial charge >= 0.3 is 0 Å². The van der Waals surface area contributed by atoms with Crippen molar-refractivity contribution in [1.29, 1.82) is 0 Å². The maximum absolute atomic E-state index is 3.67. The highest BCUT2D eigenvalue weighted by atomic mass is 14.9. The predicted molar refractivity (Wildman–Crippen MR) is 78.9 cm³/mol. The largest absolute Gasteiger partial charge is 0.306 e. The molecule has 1 heteroatoms. The van der Waals surface area contributed by atoms with Crippen molar-refractivity contribution in [3.05, 3.63) is 47.0 Å². The van der Waals surface area contributed by atoms with Gasteiger partial charge in [-0.3, -0.25) is 0 Å². The third kappa shape index (κ3) is 2.84. The highest BCUT2D eigenvalue weighted by Gasteiger charge is 2.31. The summed E-state index contributed by atoms with van der Waals surface area (Å²) in [5.41, 5.74) is 4.72. The minimum absolute atomic E-state index is 0.325. The quantitative estimate of drug-likeness (QED) is 0.778. The fourth-order valence-electron chi connectivity index (χ4n) is 2.83. The van der Waals surface area contributed by atoms with E-state index in [0.717, 1.165) is 6.54 Å². The molecule has 1 aromatic rings. The molecule has 18 heavy (non-hydrogen) atoms. The molecule has 0 spiro atoms. The Balaban J connectivity index is 2.18. The van der Waals surface area contributed by atoms with E-state index in [1.807, 2.05) is 0 Å². The zero-order valence-electron chi connectivity index (χ0n) is 12.1. The third-order valence-electron chi connectivity index (χ3n) is 4.00. The molecule has 1 aliphatic carbocycles. The standard InChI is InChI=1S/C17H25N/c1-13(2)10-12-18-16-9-11-17(3,4)15-8-6-5-7-14(15)16/h5-8,10,16,18H,9,11-12H2,1-4H3. The molecular formula is C17H25N. The molecule has 1 aliphatic rings. The zero-order valence-corrected chi connectivity index (χ0v) is 12.1. The average molecular weight is 243 g/mol.